The Kier molecular flexibility index (Phi) is 7.11. The summed E-state index contributed by atoms with van der Waals surface area (Å²) in [5, 5.41) is 2.83. The van der Waals surface area contributed by atoms with Crippen LogP contribution in [0, 0.1) is 0 Å². The second-order valence-electron chi connectivity index (χ2n) is 7.18. The first-order valence-corrected chi connectivity index (χ1v) is 10.1. The molecule has 1 saturated heterocycles. The van der Waals surface area contributed by atoms with E-state index in [1.54, 1.807) is 50.4 Å². The molecule has 2 aromatic carbocycles. The highest BCUT2D eigenvalue weighted by Gasteiger charge is 2.19. The van der Waals surface area contributed by atoms with Crippen LogP contribution in [0.25, 0.3) is 0 Å². The normalized spacial score (nSPS) is 15.2. The summed E-state index contributed by atoms with van der Waals surface area (Å²) in [6, 6.07) is 14.2. The van der Waals surface area contributed by atoms with E-state index in [1.165, 1.54) is 12.8 Å². The molecule has 0 spiro atoms. The average Bonchev–Trinajstić information content (AvgIpc) is 3.03. The molecule has 1 fully saturated rings. The first-order valence-electron chi connectivity index (χ1n) is 10.1. The van der Waals surface area contributed by atoms with Crippen LogP contribution in [-0.2, 0) is 4.79 Å². The summed E-state index contributed by atoms with van der Waals surface area (Å²) in [6.45, 7) is 3.31. The predicted molar refractivity (Wildman–Crippen MR) is 113 cm³/mol. The van der Waals surface area contributed by atoms with Crippen molar-refractivity contribution in [1.82, 2.24) is 4.90 Å². The van der Waals surface area contributed by atoms with Gasteiger partial charge in [0.15, 0.2) is 17.6 Å². The Bertz CT molecular complexity index is 827. The minimum Gasteiger partial charge on any atom is -0.493 e. The molecule has 6 heteroatoms. The Labute approximate surface area is 171 Å². The molecule has 1 N–H and O–H groups in total. The van der Waals surface area contributed by atoms with E-state index < -0.39 is 6.10 Å². The summed E-state index contributed by atoms with van der Waals surface area (Å²) in [5.41, 5.74) is 1.26. The highest BCUT2D eigenvalue weighted by Crippen LogP contribution is 2.27. The van der Waals surface area contributed by atoms with Gasteiger partial charge >= 0.3 is 0 Å². The van der Waals surface area contributed by atoms with Crippen LogP contribution >= 0.6 is 0 Å². The number of rotatable bonds is 6. The number of nitrogens with one attached hydrogen (secondary N) is 1. The quantitative estimate of drug-likeness (QED) is 0.798. The summed E-state index contributed by atoms with van der Waals surface area (Å²) < 4.78 is 11.0. The van der Waals surface area contributed by atoms with Gasteiger partial charge in [-0.2, -0.15) is 0 Å². The molecule has 1 unspecified atom stereocenters. The van der Waals surface area contributed by atoms with Crippen LogP contribution < -0.4 is 14.8 Å². The maximum absolute atomic E-state index is 12.7. The van der Waals surface area contributed by atoms with Crippen LogP contribution in [0.5, 0.6) is 11.5 Å². The number of carbonyl (C=O) groups is 2. The van der Waals surface area contributed by atoms with Crippen molar-refractivity contribution in [2.24, 2.45) is 0 Å². The summed E-state index contributed by atoms with van der Waals surface area (Å²) in [5.74, 6) is 0.861. The first kappa shape index (κ1) is 20.7. The van der Waals surface area contributed by atoms with Crippen molar-refractivity contribution in [2.75, 3.05) is 25.5 Å². The zero-order chi connectivity index (χ0) is 20.6. The molecule has 2 amide bonds. The second kappa shape index (κ2) is 9.96. The van der Waals surface area contributed by atoms with Crippen LogP contribution in [0.1, 0.15) is 43.0 Å². The van der Waals surface area contributed by atoms with E-state index >= 15 is 0 Å². The van der Waals surface area contributed by atoms with Crippen molar-refractivity contribution in [3.8, 4) is 11.5 Å². The zero-order valence-corrected chi connectivity index (χ0v) is 17.0. The third-order valence-corrected chi connectivity index (χ3v) is 5.03. The lowest BCUT2D eigenvalue weighted by atomic mass is 10.1. The van der Waals surface area contributed by atoms with E-state index in [-0.39, 0.29) is 11.8 Å². The van der Waals surface area contributed by atoms with Gasteiger partial charge in [0.1, 0.15) is 0 Å². The van der Waals surface area contributed by atoms with Crippen molar-refractivity contribution in [1.29, 1.82) is 0 Å². The maximum Gasteiger partial charge on any atom is 0.265 e. The number of hydrogen-bond acceptors (Lipinski definition) is 4. The number of ether oxygens (including phenoxy) is 2. The van der Waals surface area contributed by atoms with Gasteiger partial charge in [-0.05, 0) is 56.2 Å². The van der Waals surface area contributed by atoms with Crippen molar-refractivity contribution >= 4 is 17.5 Å². The molecule has 0 aromatic heterocycles. The molecule has 29 heavy (non-hydrogen) atoms. The van der Waals surface area contributed by atoms with E-state index in [0.29, 0.717) is 22.7 Å². The molecule has 1 aliphatic heterocycles. The molecule has 0 radical (unpaired) electrons. The van der Waals surface area contributed by atoms with Crippen molar-refractivity contribution in [3.63, 3.8) is 0 Å². The standard InChI is InChI=1S/C23H28N2O4/c1-17(29-21-10-6-5-9-20(21)28-2)22(26)24-19-13-11-18(12-14-19)23(27)25-15-7-3-4-8-16-25/h5-6,9-14,17H,3-4,7-8,15-16H2,1-2H3,(H,24,26). The minimum absolute atomic E-state index is 0.0534. The average molecular weight is 396 g/mol. The number of anilines is 1. The summed E-state index contributed by atoms with van der Waals surface area (Å²) in [4.78, 5) is 27.1. The molecule has 1 aliphatic rings. The fourth-order valence-electron chi connectivity index (χ4n) is 3.36. The number of amides is 2. The van der Waals surface area contributed by atoms with Gasteiger partial charge in [-0.3, -0.25) is 9.59 Å². The summed E-state index contributed by atoms with van der Waals surface area (Å²) in [6.07, 6.45) is 3.78. The Hall–Kier alpha value is -3.02. The Balaban J connectivity index is 1.58. The number of nitrogens with zero attached hydrogens (tertiary/aromatic N) is 1. The molecule has 0 saturated carbocycles. The smallest absolute Gasteiger partial charge is 0.265 e. The van der Waals surface area contributed by atoms with Gasteiger partial charge in [-0.15, -0.1) is 0 Å². The highest BCUT2D eigenvalue weighted by molar-refractivity contribution is 5.96. The zero-order valence-electron chi connectivity index (χ0n) is 17.0. The van der Waals surface area contributed by atoms with Gasteiger partial charge < -0.3 is 19.7 Å². The molecule has 0 bridgehead atoms. The Morgan fingerprint density at radius 3 is 2.17 bits per heavy atom. The van der Waals surface area contributed by atoms with Gasteiger partial charge in [0.05, 0.1) is 7.11 Å². The predicted octanol–water partition coefficient (Wildman–Crippen LogP) is 4.12. The third kappa shape index (κ3) is 5.50. The second-order valence-corrected chi connectivity index (χ2v) is 7.18. The lowest BCUT2D eigenvalue weighted by molar-refractivity contribution is -0.122. The first-order chi connectivity index (χ1) is 14.1. The van der Waals surface area contributed by atoms with Gasteiger partial charge in [-0.25, -0.2) is 0 Å². The largest absolute Gasteiger partial charge is 0.493 e. The molecule has 1 atom stereocenters. The fraction of sp³-hybridized carbons (Fsp3) is 0.391. The number of hydrogen-bond donors (Lipinski definition) is 1. The van der Waals surface area contributed by atoms with Crippen molar-refractivity contribution in [3.05, 3.63) is 54.1 Å². The topological polar surface area (TPSA) is 67.9 Å². The number of benzene rings is 2. The van der Waals surface area contributed by atoms with Gasteiger partial charge in [0.2, 0.25) is 0 Å². The van der Waals surface area contributed by atoms with E-state index in [2.05, 4.69) is 5.32 Å². The van der Waals surface area contributed by atoms with E-state index in [4.69, 9.17) is 9.47 Å². The summed E-state index contributed by atoms with van der Waals surface area (Å²) in [7, 11) is 1.56. The van der Waals surface area contributed by atoms with Crippen molar-refractivity contribution in [2.45, 2.75) is 38.7 Å². The van der Waals surface area contributed by atoms with Crippen LogP contribution in [0.4, 0.5) is 5.69 Å². The lowest BCUT2D eigenvalue weighted by Crippen LogP contribution is -2.32. The highest BCUT2D eigenvalue weighted by atomic mass is 16.5. The van der Waals surface area contributed by atoms with E-state index in [0.717, 1.165) is 25.9 Å². The fourth-order valence-corrected chi connectivity index (χ4v) is 3.36. The van der Waals surface area contributed by atoms with Gasteiger partial charge in [0.25, 0.3) is 11.8 Å². The molecular formula is C23H28N2O4. The number of likely N-dealkylation sites (tertiary alicyclic amines) is 1. The summed E-state index contributed by atoms with van der Waals surface area (Å²) >= 11 is 0. The molecule has 3 rings (SSSR count). The minimum atomic E-state index is -0.704. The van der Waals surface area contributed by atoms with E-state index in [9.17, 15) is 9.59 Å². The number of methoxy groups -OCH3 is 1. The monoisotopic (exact) mass is 396 g/mol. The van der Waals surface area contributed by atoms with Crippen molar-refractivity contribution < 1.29 is 19.1 Å². The van der Waals surface area contributed by atoms with E-state index in [1.807, 2.05) is 17.0 Å². The molecule has 1 heterocycles. The van der Waals surface area contributed by atoms with Crippen LogP contribution in [0.3, 0.4) is 0 Å². The number of para-hydroxylation sites is 2. The van der Waals surface area contributed by atoms with Gasteiger partial charge in [0, 0.05) is 24.3 Å². The van der Waals surface area contributed by atoms with Crippen LogP contribution in [0.2, 0.25) is 0 Å². The van der Waals surface area contributed by atoms with Gasteiger partial charge in [-0.1, -0.05) is 25.0 Å². The molecule has 154 valence electrons. The molecule has 2 aromatic rings. The van der Waals surface area contributed by atoms with Crippen LogP contribution in [-0.4, -0.2) is 43.0 Å². The molecule has 6 nitrogen and oxygen atoms in total. The third-order valence-electron chi connectivity index (χ3n) is 5.03. The number of carbonyl (C=O) groups excluding carboxylic acids is 2. The van der Waals surface area contributed by atoms with Crippen LogP contribution in [0.15, 0.2) is 48.5 Å². The lowest BCUT2D eigenvalue weighted by Gasteiger charge is -2.20. The molecular weight excluding hydrogens is 368 g/mol. The Morgan fingerprint density at radius 2 is 1.55 bits per heavy atom. The maximum atomic E-state index is 12.7. The Morgan fingerprint density at radius 1 is 0.931 bits per heavy atom. The molecule has 0 aliphatic carbocycles. The SMILES string of the molecule is COc1ccccc1OC(C)C(=O)Nc1ccc(C(=O)N2CCCCCC2)cc1.